The van der Waals surface area contributed by atoms with Gasteiger partial charge in [-0.05, 0) is 31.9 Å². The number of aromatic carboxylic acids is 1. The molecule has 0 radical (unpaired) electrons. The third kappa shape index (κ3) is 5.71. The number of phenols is 1. The summed E-state index contributed by atoms with van der Waals surface area (Å²) in [6.07, 6.45) is 6.25. The molecule has 3 aromatic rings. The van der Waals surface area contributed by atoms with Gasteiger partial charge in [0, 0.05) is 6.04 Å². The zero-order chi connectivity index (χ0) is 24.0. The van der Waals surface area contributed by atoms with E-state index < -0.39 is 5.97 Å². The van der Waals surface area contributed by atoms with Crippen molar-refractivity contribution in [2.24, 2.45) is 0 Å². The van der Waals surface area contributed by atoms with Crippen LogP contribution in [0.4, 0.5) is 11.6 Å². The first-order chi connectivity index (χ1) is 15.8. The fourth-order valence-electron chi connectivity index (χ4n) is 3.83. The maximum Gasteiger partial charge on any atom is 0.339 e. The molecule has 176 valence electrons. The monoisotopic (exact) mass is 455 g/mol. The lowest BCUT2D eigenvalue weighted by Gasteiger charge is -2.22. The molecule has 1 aromatic carbocycles. The van der Waals surface area contributed by atoms with E-state index >= 15 is 0 Å². The number of carboxylic acid groups (broad SMARTS) is 1. The van der Waals surface area contributed by atoms with Crippen molar-refractivity contribution >= 4 is 28.5 Å². The first kappa shape index (κ1) is 23.8. The molecule has 10 heteroatoms. The average molecular weight is 456 g/mol. The number of hydrogen-bond donors (Lipinski definition) is 4. The summed E-state index contributed by atoms with van der Waals surface area (Å²) in [4.78, 5) is 23.6. The number of carbonyl (C=O) groups is 1. The maximum absolute atomic E-state index is 11.0. The second-order valence-corrected chi connectivity index (χ2v) is 7.72. The van der Waals surface area contributed by atoms with Crippen LogP contribution in [0.5, 0.6) is 17.5 Å². The number of nitrogen functional groups attached to an aromatic ring is 1. The van der Waals surface area contributed by atoms with Crippen molar-refractivity contribution in [2.75, 3.05) is 25.3 Å². The first-order valence-electron chi connectivity index (χ1n) is 10.7. The van der Waals surface area contributed by atoms with Crippen molar-refractivity contribution < 1.29 is 24.5 Å². The summed E-state index contributed by atoms with van der Waals surface area (Å²) in [5, 5.41) is 22.3. The van der Waals surface area contributed by atoms with E-state index in [1.54, 1.807) is 39.3 Å². The zero-order valence-corrected chi connectivity index (χ0v) is 19.0. The van der Waals surface area contributed by atoms with Gasteiger partial charge in [-0.2, -0.15) is 9.97 Å². The number of fused-ring (bicyclic) bond motifs is 1. The van der Waals surface area contributed by atoms with Gasteiger partial charge in [-0.25, -0.2) is 4.79 Å². The largest absolute Gasteiger partial charge is 0.507 e. The number of aromatic hydroxyl groups is 1. The third-order valence-electron chi connectivity index (χ3n) is 5.46. The highest BCUT2D eigenvalue weighted by Crippen LogP contribution is 2.32. The van der Waals surface area contributed by atoms with E-state index in [0.29, 0.717) is 35.0 Å². The molecule has 4 rings (SSSR count). The Labute approximate surface area is 191 Å². The number of hydrogen-bond acceptors (Lipinski definition) is 9. The number of anilines is 2. The smallest absolute Gasteiger partial charge is 0.339 e. The summed E-state index contributed by atoms with van der Waals surface area (Å²) in [5.74, 6) is 0.427. The molecule has 1 aliphatic rings. The fraction of sp³-hybridized carbons (Fsp3) is 0.391. The second kappa shape index (κ2) is 10.7. The van der Waals surface area contributed by atoms with E-state index in [9.17, 15) is 9.90 Å². The molecule has 10 nitrogen and oxygen atoms in total. The highest BCUT2D eigenvalue weighted by molar-refractivity contribution is 6.06. The van der Waals surface area contributed by atoms with Crippen LogP contribution in [0.3, 0.4) is 0 Å². The number of carboxylic acids is 1. The Morgan fingerprint density at radius 2 is 1.73 bits per heavy atom. The molecule has 1 aliphatic carbocycles. The standard InChI is InChI=1S/C12H19N3O2.C11H10N2O3/c1-16-10-8-11(17-2)15-12(14-10)13-9-6-4-3-5-7-9;1-5-8(11(15)16)10(12)9-6(13-5)3-2-4-7(9)14/h8-9H,3-7H2,1-2H3,(H,13,14,15);2-4,14H,1H3,(H2,12,13)(H,15,16). The Morgan fingerprint density at radius 1 is 1.09 bits per heavy atom. The number of ether oxygens (including phenoxy) is 2. The lowest BCUT2D eigenvalue weighted by Crippen LogP contribution is -2.23. The minimum absolute atomic E-state index is 0.0492. The zero-order valence-electron chi connectivity index (χ0n) is 19.0. The number of methoxy groups -OCH3 is 2. The van der Waals surface area contributed by atoms with Gasteiger partial charge < -0.3 is 30.7 Å². The van der Waals surface area contributed by atoms with Crippen LogP contribution in [0.25, 0.3) is 10.9 Å². The number of nitrogens with two attached hydrogens (primary N) is 1. The van der Waals surface area contributed by atoms with Crippen LogP contribution in [0.15, 0.2) is 24.3 Å². The van der Waals surface area contributed by atoms with Gasteiger partial charge in [-0.3, -0.25) is 4.98 Å². The molecule has 33 heavy (non-hydrogen) atoms. The second-order valence-electron chi connectivity index (χ2n) is 7.72. The lowest BCUT2D eigenvalue weighted by molar-refractivity contribution is 0.0697. The van der Waals surface area contributed by atoms with Crippen molar-refractivity contribution in [3.05, 3.63) is 35.5 Å². The van der Waals surface area contributed by atoms with Gasteiger partial charge >= 0.3 is 5.97 Å². The molecule has 0 unspecified atom stereocenters. The molecular weight excluding hydrogens is 426 g/mol. The normalized spacial score (nSPS) is 13.7. The summed E-state index contributed by atoms with van der Waals surface area (Å²) >= 11 is 0. The molecule has 1 saturated carbocycles. The molecule has 0 spiro atoms. The Morgan fingerprint density at radius 3 is 2.30 bits per heavy atom. The Balaban J connectivity index is 0.000000186. The number of aromatic nitrogens is 3. The van der Waals surface area contributed by atoms with Gasteiger partial charge in [0.05, 0.1) is 42.6 Å². The Bertz CT molecular complexity index is 1110. The van der Waals surface area contributed by atoms with Crippen LogP contribution in [0.1, 0.15) is 48.2 Å². The van der Waals surface area contributed by atoms with Crippen molar-refractivity contribution in [3.8, 4) is 17.5 Å². The van der Waals surface area contributed by atoms with E-state index in [1.807, 2.05) is 0 Å². The van der Waals surface area contributed by atoms with E-state index in [0.717, 1.165) is 0 Å². The van der Waals surface area contributed by atoms with E-state index in [4.69, 9.17) is 20.3 Å². The van der Waals surface area contributed by atoms with E-state index in [-0.39, 0.29) is 22.4 Å². The lowest BCUT2D eigenvalue weighted by atomic mass is 9.96. The predicted molar refractivity (Wildman–Crippen MR) is 125 cm³/mol. The maximum atomic E-state index is 11.0. The molecule has 0 atom stereocenters. The van der Waals surface area contributed by atoms with Crippen molar-refractivity contribution in [3.63, 3.8) is 0 Å². The summed E-state index contributed by atoms with van der Waals surface area (Å²) in [5.41, 5.74) is 6.55. The summed E-state index contributed by atoms with van der Waals surface area (Å²) in [7, 11) is 3.18. The SMILES string of the molecule is COc1cc(OC)nc(NC2CCCCC2)n1.Cc1nc2cccc(O)c2c(N)c1C(=O)O. The molecule has 5 N–H and O–H groups in total. The summed E-state index contributed by atoms with van der Waals surface area (Å²) in [6, 6.07) is 6.89. The Kier molecular flexibility index (Phi) is 7.70. The van der Waals surface area contributed by atoms with Crippen LogP contribution < -0.4 is 20.5 Å². The highest BCUT2D eigenvalue weighted by Gasteiger charge is 2.18. The molecule has 2 aromatic heterocycles. The molecule has 2 heterocycles. The molecular formula is C23H29N5O5. The topological polar surface area (TPSA) is 153 Å². The predicted octanol–water partition coefficient (Wildman–Crippen LogP) is 3.77. The minimum atomic E-state index is -1.15. The number of nitrogens with one attached hydrogen (secondary N) is 1. The van der Waals surface area contributed by atoms with Gasteiger partial charge in [0.25, 0.3) is 0 Å². The quantitative estimate of drug-likeness (QED) is 0.447. The van der Waals surface area contributed by atoms with Crippen LogP contribution in [0.2, 0.25) is 0 Å². The number of aryl methyl sites for hydroxylation is 1. The van der Waals surface area contributed by atoms with Gasteiger partial charge in [-0.1, -0.05) is 25.3 Å². The van der Waals surface area contributed by atoms with E-state index in [2.05, 4.69) is 20.3 Å². The number of pyridine rings is 1. The fourth-order valence-corrected chi connectivity index (χ4v) is 3.83. The van der Waals surface area contributed by atoms with Gasteiger partial charge in [0.15, 0.2) is 0 Å². The van der Waals surface area contributed by atoms with Crippen LogP contribution >= 0.6 is 0 Å². The Hall–Kier alpha value is -3.82. The molecule has 0 saturated heterocycles. The van der Waals surface area contributed by atoms with E-state index in [1.165, 1.54) is 38.2 Å². The van der Waals surface area contributed by atoms with Crippen molar-refractivity contribution in [1.29, 1.82) is 0 Å². The minimum Gasteiger partial charge on any atom is -0.507 e. The van der Waals surface area contributed by atoms with Gasteiger partial charge in [-0.15, -0.1) is 0 Å². The van der Waals surface area contributed by atoms with Crippen molar-refractivity contribution in [2.45, 2.75) is 45.1 Å². The molecule has 1 fully saturated rings. The number of nitrogens with zero attached hydrogens (tertiary/aromatic N) is 3. The molecule has 0 amide bonds. The first-order valence-corrected chi connectivity index (χ1v) is 10.7. The third-order valence-corrected chi connectivity index (χ3v) is 5.46. The highest BCUT2D eigenvalue weighted by atomic mass is 16.5. The van der Waals surface area contributed by atoms with Crippen molar-refractivity contribution in [1.82, 2.24) is 15.0 Å². The van der Waals surface area contributed by atoms with Crippen LogP contribution in [0, 0.1) is 6.92 Å². The summed E-state index contributed by atoms with van der Waals surface area (Å²) < 4.78 is 10.2. The molecule has 0 bridgehead atoms. The van der Waals surface area contributed by atoms with Crippen LogP contribution in [-0.2, 0) is 0 Å². The molecule has 0 aliphatic heterocycles. The average Bonchev–Trinajstić information content (AvgIpc) is 2.79. The number of benzene rings is 1. The number of rotatable bonds is 5. The van der Waals surface area contributed by atoms with Gasteiger partial charge in [0.2, 0.25) is 17.7 Å². The summed E-state index contributed by atoms with van der Waals surface area (Å²) in [6.45, 7) is 1.57. The van der Waals surface area contributed by atoms with Gasteiger partial charge in [0.1, 0.15) is 11.3 Å². The van der Waals surface area contributed by atoms with Crippen LogP contribution in [-0.4, -0.2) is 51.4 Å². The number of phenolic OH excluding ortho intramolecular Hbond substituents is 1.